The van der Waals surface area contributed by atoms with Crippen molar-refractivity contribution in [2.45, 2.75) is 0 Å². The molecule has 1 aromatic carbocycles. The number of hydrogen-bond donors (Lipinski definition) is 2. The van der Waals surface area contributed by atoms with Gasteiger partial charge in [-0.1, -0.05) is 11.3 Å². The number of nitrogens with zero attached hydrogens (tertiary/aromatic N) is 1. The molecule has 25 heavy (non-hydrogen) atoms. The molecule has 5 nitrogen and oxygen atoms in total. The fourth-order valence-corrected chi connectivity index (χ4v) is 3.84. The molecule has 130 valence electrons. The van der Waals surface area contributed by atoms with Crippen LogP contribution in [0.15, 0.2) is 36.5 Å². The van der Waals surface area contributed by atoms with Crippen LogP contribution >= 0.6 is 33.9 Å². The third-order valence-corrected chi connectivity index (χ3v) is 5.09. The fourth-order valence-electron chi connectivity index (χ4n) is 2.31. The van der Waals surface area contributed by atoms with E-state index in [0.29, 0.717) is 20.8 Å². The Kier molecular flexibility index (Phi) is 5.94. The quantitative estimate of drug-likeness (QED) is 0.310. The molecule has 0 amide bonds. The summed E-state index contributed by atoms with van der Waals surface area (Å²) in [5.74, 6) is -0.645. The number of nitrogens with one attached hydrogen (secondary N) is 1. The summed E-state index contributed by atoms with van der Waals surface area (Å²) in [4.78, 5) is 17.5. The van der Waals surface area contributed by atoms with Crippen molar-refractivity contribution in [3.63, 3.8) is 0 Å². The SMILES string of the molecule is O=C(COCCO)c1c(Nc2ccc(I)cc2F)sc2ncccc12. The van der Waals surface area contributed by atoms with Gasteiger partial charge in [0.25, 0.3) is 0 Å². The van der Waals surface area contributed by atoms with Crippen molar-refractivity contribution in [1.29, 1.82) is 0 Å². The van der Waals surface area contributed by atoms with Crippen molar-refractivity contribution in [2.24, 2.45) is 0 Å². The number of ether oxygens (including phenoxy) is 1. The average Bonchev–Trinajstić information content (AvgIpc) is 2.95. The number of fused-ring (bicyclic) bond motifs is 1. The Morgan fingerprint density at radius 1 is 1.40 bits per heavy atom. The Hall–Kier alpha value is -1.62. The number of carbonyl (C=O) groups is 1. The topological polar surface area (TPSA) is 71.5 Å². The lowest BCUT2D eigenvalue weighted by Gasteiger charge is -2.09. The van der Waals surface area contributed by atoms with Gasteiger partial charge in [-0.2, -0.15) is 0 Å². The van der Waals surface area contributed by atoms with Gasteiger partial charge in [0.05, 0.1) is 24.5 Å². The van der Waals surface area contributed by atoms with Gasteiger partial charge in [0, 0.05) is 15.2 Å². The molecule has 0 saturated heterocycles. The van der Waals surface area contributed by atoms with Crippen LogP contribution in [-0.2, 0) is 4.74 Å². The highest BCUT2D eigenvalue weighted by Gasteiger charge is 2.20. The molecule has 3 aromatic rings. The van der Waals surface area contributed by atoms with Gasteiger partial charge < -0.3 is 15.2 Å². The van der Waals surface area contributed by atoms with E-state index in [1.54, 1.807) is 30.5 Å². The van der Waals surface area contributed by atoms with E-state index in [1.165, 1.54) is 17.4 Å². The summed E-state index contributed by atoms with van der Waals surface area (Å²) in [7, 11) is 0. The van der Waals surface area contributed by atoms with Gasteiger partial charge >= 0.3 is 0 Å². The smallest absolute Gasteiger partial charge is 0.192 e. The molecule has 0 aliphatic heterocycles. The van der Waals surface area contributed by atoms with Crippen LogP contribution in [0.25, 0.3) is 10.2 Å². The minimum absolute atomic E-state index is 0.0839. The van der Waals surface area contributed by atoms with E-state index in [2.05, 4.69) is 10.3 Å². The number of carbonyl (C=O) groups excluding carboxylic acids is 1. The van der Waals surface area contributed by atoms with Crippen molar-refractivity contribution in [2.75, 3.05) is 25.1 Å². The number of pyridine rings is 1. The van der Waals surface area contributed by atoms with Gasteiger partial charge in [0.1, 0.15) is 22.3 Å². The van der Waals surface area contributed by atoms with E-state index in [-0.39, 0.29) is 31.3 Å². The molecule has 3 rings (SSSR count). The van der Waals surface area contributed by atoms with Crippen LogP contribution in [0.3, 0.4) is 0 Å². The predicted octanol–water partition coefficient (Wildman–Crippen LogP) is 3.98. The maximum Gasteiger partial charge on any atom is 0.192 e. The number of aliphatic hydroxyl groups is 1. The molecule has 2 N–H and O–H groups in total. The van der Waals surface area contributed by atoms with Crippen LogP contribution in [0.2, 0.25) is 0 Å². The molecule has 2 heterocycles. The molecule has 0 aliphatic rings. The lowest BCUT2D eigenvalue weighted by molar-refractivity contribution is 0.0666. The molecule has 0 atom stereocenters. The number of aromatic nitrogens is 1. The van der Waals surface area contributed by atoms with E-state index in [9.17, 15) is 9.18 Å². The number of thiophene rings is 1. The lowest BCUT2D eigenvalue weighted by atomic mass is 10.1. The Morgan fingerprint density at radius 2 is 2.24 bits per heavy atom. The third kappa shape index (κ3) is 4.14. The summed E-state index contributed by atoms with van der Waals surface area (Å²) in [6.45, 7) is -0.232. The molecule has 0 fully saturated rings. The summed E-state index contributed by atoms with van der Waals surface area (Å²) < 4.78 is 20.1. The van der Waals surface area contributed by atoms with Crippen molar-refractivity contribution in [3.8, 4) is 0 Å². The zero-order valence-electron chi connectivity index (χ0n) is 13.0. The average molecular weight is 472 g/mol. The number of hydrogen-bond acceptors (Lipinski definition) is 6. The molecule has 0 aliphatic carbocycles. The van der Waals surface area contributed by atoms with Gasteiger partial charge in [-0.15, -0.1) is 0 Å². The normalized spacial score (nSPS) is 11.0. The van der Waals surface area contributed by atoms with Crippen LogP contribution in [-0.4, -0.2) is 35.7 Å². The Morgan fingerprint density at radius 3 is 3.00 bits per heavy atom. The first kappa shape index (κ1) is 18.2. The highest BCUT2D eigenvalue weighted by Crippen LogP contribution is 2.37. The van der Waals surface area contributed by atoms with Gasteiger partial charge in [0.15, 0.2) is 5.78 Å². The number of benzene rings is 1. The largest absolute Gasteiger partial charge is 0.394 e. The first-order chi connectivity index (χ1) is 12.1. The monoisotopic (exact) mass is 472 g/mol. The van der Waals surface area contributed by atoms with Gasteiger partial charge in [-0.05, 0) is 52.9 Å². The second-order valence-electron chi connectivity index (χ2n) is 5.11. The summed E-state index contributed by atoms with van der Waals surface area (Å²) in [6, 6.07) is 8.37. The molecule has 0 saturated carbocycles. The maximum atomic E-state index is 14.2. The molecule has 0 unspecified atom stereocenters. The van der Waals surface area contributed by atoms with E-state index < -0.39 is 5.82 Å². The number of Topliss-reactive ketones (excluding diaryl/α,β-unsaturated/α-hetero) is 1. The first-order valence-corrected chi connectivity index (χ1v) is 9.31. The maximum absolute atomic E-state index is 14.2. The van der Waals surface area contributed by atoms with Crippen LogP contribution in [0.5, 0.6) is 0 Å². The molecule has 0 radical (unpaired) electrons. The van der Waals surface area contributed by atoms with Gasteiger partial charge in [-0.25, -0.2) is 9.37 Å². The van der Waals surface area contributed by atoms with Crippen molar-refractivity contribution < 1.29 is 19.0 Å². The van der Waals surface area contributed by atoms with Crippen LogP contribution < -0.4 is 5.32 Å². The van der Waals surface area contributed by atoms with Crippen molar-refractivity contribution in [3.05, 3.63) is 51.5 Å². The molecule has 2 aromatic heterocycles. The zero-order chi connectivity index (χ0) is 17.8. The summed E-state index contributed by atoms with van der Waals surface area (Å²) in [6.07, 6.45) is 1.64. The van der Waals surface area contributed by atoms with E-state index in [4.69, 9.17) is 9.84 Å². The van der Waals surface area contributed by atoms with Crippen LogP contribution in [0, 0.1) is 9.39 Å². The minimum atomic E-state index is -0.396. The number of halogens is 2. The second-order valence-corrected chi connectivity index (χ2v) is 7.36. The lowest BCUT2D eigenvalue weighted by Crippen LogP contribution is -2.12. The van der Waals surface area contributed by atoms with E-state index in [0.717, 1.165) is 3.57 Å². The number of anilines is 2. The molecular weight excluding hydrogens is 458 g/mol. The Balaban J connectivity index is 1.99. The Bertz CT molecular complexity index is 916. The first-order valence-electron chi connectivity index (χ1n) is 7.41. The van der Waals surface area contributed by atoms with Crippen LogP contribution in [0.4, 0.5) is 15.1 Å². The fraction of sp³-hybridized carbons (Fsp3) is 0.176. The van der Waals surface area contributed by atoms with Crippen molar-refractivity contribution >= 4 is 60.6 Å². The zero-order valence-corrected chi connectivity index (χ0v) is 15.9. The third-order valence-electron chi connectivity index (χ3n) is 3.39. The molecule has 8 heteroatoms. The summed E-state index contributed by atoms with van der Waals surface area (Å²) >= 11 is 3.32. The standard InChI is InChI=1S/C17H14FIN2O3S/c18-12-8-10(19)3-4-13(12)21-17-15(14(23)9-24-7-6-22)11-2-1-5-20-16(11)25-17/h1-5,8,21-22H,6-7,9H2. The van der Waals surface area contributed by atoms with Crippen molar-refractivity contribution in [1.82, 2.24) is 4.98 Å². The van der Waals surface area contributed by atoms with Crippen LogP contribution in [0.1, 0.15) is 10.4 Å². The minimum Gasteiger partial charge on any atom is -0.394 e. The predicted molar refractivity (Wildman–Crippen MR) is 104 cm³/mol. The Labute approximate surface area is 161 Å². The highest BCUT2D eigenvalue weighted by atomic mass is 127. The highest BCUT2D eigenvalue weighted by molar-refractivity contribution is 14.1. The number of aliphatic hydroxyl groups excluding tert-OH is 1. The number of rotatable bonds is 7. The molecule has 0 spiro atoms. The summed E-state index contributed by atoms with van der Waals surface area (Å²) in [5.41, 5.74) is 0.710. The molecule has 0 bridgehead atoms. The van der Waals surface area contributed by atoms with Gasteiger partial charge in [0.2, 0.25) is 0 Å². The number of ketones is 1. The molecular formula is C17H14FIN2O3S. The van der Waals surface area contributed by atoms with Gasteiger partial charge in [-0.3, -0.25) is 4.79 Å². The summed E-state index contributed by atoms with van der Waals surface area (Å²) in [5, 5.41) is 13.0. The van der Waals surface area contributed by atoms with E-state index >= 15 is 0 Å². The van der Waals surface area contributed by atoms with E-state index in [1.807, 2.05) is 22.6 Å². The second kappa shape index (κ2) is 8.17.